The number of carbonyl (C=O) groups excluding carboxylic acids is 4. The highest BCUT2D eigenvalue weighted by molar-refractivity contribution is 5.94. The smallest absolute Gasteiger partial charge is 0.245 e. The Hall–Kier alpha value is -2.89. The first kappa shape index (κ1) is 26.1. The molecule has 12 heteroatoms. The van der Waals surface area contributed by atoms with Gasteiger partial charge in [0.05, 0.1) is 12.6 Å². The number of aliphatic imine (C=N–C) groups is 1. The van der Waals surface area contributed by atoms with Gasteiger partial charge in [0.2, 0.25) is 23.6 Å². The van der Waals surface area contributed by atoms with Gasteiger partial charge in [0, 0.05) is 13.1 Å². The van der Waals surface area contributed by atoms with Crippen LogP contribution in [0.4, 0.5) is 0 Å². The van der Waals surface area contributed by atoms with Crippen LogP contribution in [0.15, 0.2) is 4.99 Å². The first-order chi connectivity index (χ1) is 14.5. The third kappa shape index (κ3) is 9.20. The lowest BCUT2D eigenvalue weighted by atomic mass is 10.0. The van der Waals surface area contributed by atoms with Crippen LogP contribution in [0.3, 0.4) is 0 Å². The van der Waals surface area contributed by atoms with Crippen molar-refractivity contribution < 1.29 is 19.2 Å². The lowest BCUT2D eigenvalue weighted by Crippen LogP contribution is -2.56. The van der Waals surface area contributed by atoms with Gasteiger partial charge in [-0.25, -0.2) is 0 Å². The van der Waals surface area contributed by atoms with Crippen LogP contribution in [0.5, 0.6) is 0 Å². The van der Waals surface area contributed by atoms with E-state index in [-0.39, 0.29) is 30.8 Å². The molecule has 0 aromatic rings. The largest absolute Gasteiger partial charge is 0.370 e. The van der Waals surface area contributed by atoms with E-state index in [1.807, 2.05) is 13.8 Å². The summed E-state index contributed by atoms with van der Waals surface area (Å²) in [5.41, 5.74) is 21.7. The number of amides is 4. The van der Waals surface area contributed by atoms with Crippen molar-refractivity contribution in [2.75, 3.05) is 19.6 Å². The molecule has 1 aliphatic heterocycles. The average Bonchev–Trinajstić information content (AvgIpc) is 3.16. The third-order valence-corrected chi connectivity index (χ3v) is 4.90. The van der Waals surface area contributed by atoms with Crippen LogP contribution in [0.1, 0.15) is 46.0 Å². The molecule has 31 heavy (non-hydrogen) atoms. The Morgan fingerprint density at radius 2 is 1.84 bits per heavy atom. The maximum Gasteiger partial charge on any atom is 0.245 e. The van der Waals surface area contributed by atoms with E-state index in [2.05, 4.69) is 15.6 Å². The van der Waals surface area contributed by atoms with Crippen molar-refractivity contribution in [3.63, 3.8) is 0 Å². The lowest BCUT2D eigenvalue weighted by molar-refractivity contribution is -0.142. The van der Waals surface area contributed by atoms with E-state index >= 15 is 0 Å². The quantitative estimate of drug-likeness (QED) is 0.109. The minimum Gasteiger partial charge on any atom is -0.370 e. The summed E-state index contributed by atoms with van der Waals surface area (Å²) in [5.74, 6) is -1.78. The van der Waals surface area contributed by atoms with Crippen molar-refractivity contribution >= 4 is 29.6 Å². The van der Waals surface area contributed by atoms with Crippen molar-refractivity contribution in [1.82, 2.24) is 15.5 Å². The van der Waals surface area contributed by atoms with Crippen molar-refractivity contribution in [2.45, 2.75) is 64.1 Å². The van der Waals surface area contributed by atoms with Crippen LogP contribution in [-0.4, -0.2) is 72.2 Å². The minimum atomic E-state index is -0.871. The number of nitrogens with two attached hydrogens (primary N) is 4. The van der Waals surface area contributed by atoms with Gasteiger partial charge in [-0.05, 0) is 38.0 Å². The van der Waals surface area contributed by atoms with E-state index in [1.165, 1.54) is 4.90 Å². The molecule has 10 N–H and O–H groups in total. The molecule has 0 radical (unpaired) electrons. The summed E-state index contributed by atoms with van der Waals surface area (Å²) in [6.07, 6.45) is 2.28. The summed E-state index contributed by atoms with van der Waals surface area (Å²) in [7, 11) is 0. The molecule has 0 unspecified atom stereocenters. The highest BCUT2D eigenvalue weighted by Gasteiger charge is 2.37. The molecule has 0 bridgehead atoms. The van der Waals surface area contributed by atoms with E-state index in [4.69, 9.17) is 22.9 Å². The van der Waals surface area contributed by atoms with Gasteiger partial charge in [0.25, 0.3) is 0 Å². The maximum atomic E-state index is 13.2. The van der Waals surface area contributed by atoms with Gasteiger partial charge in [-0.3, -0.25) is 24.2 Å². The van der Waals surface area contributed by atoms with E-state index in [0.29, 0.717) is 38.8 Å². The van der Waals surface area contributed by atoms with Gasteiger partial charge in [-0.1, -0.05) is 13.8 Å². The fourth-order valence-electron chi connectivity index (χ4n) is 3.45. The molecule has 1 aliphatic rings. The molecule has 0 aromatic heterocycles. The number of likely N-dealkylation sites (tertiary alicyclic amines) is 1. The van der Waals surface area contributed by atoms with Crippen LogP contribution in [-0.2, 0) is 19.2 Å². The van der Waals surface area contributed by atoms with Gasteiger partial charge < -0.3 is 38.5 Å². The zero-order valence-electron chi connectivity index (χ0n) is 18.3. The molecule has 1 heterocycles. The van der Waals surface area contributed by atoms with E-state index in [0.717, 1.165) is 0 Å². The fraction of sp³-hybridized carbons (Fsp3) is 0.737. The SMILES string of the molecule is CC(C)C[C@H](N)C(=O)N[C@@H](CCCN=C(N)N)C(=O)N1CCC[C@@H]1C(=O)NCC(N)=O. The van der Waals surface area contributed by atoms with Crippen LogP contribution in [0.25, 0.3) is 0 Å². The topological polar surface area (TPSA) is 212 Å². The Bertz CT molecular complexity index is 678. The summed E-state index contributed by atoms with van der Waals surface area (Å²) in [4.78, 5) is 54.4. The zero-order chi connectivity index (χ0) is 23.6. The predicted molar refractivity (Wildman–Crippen MR) is 116 cm³/mol. The Balaban J connectivity index is 2.89. The van der Waals surface area contributed by atoms with Crippen molar-refractivity contribution in [3.8, 4) is 0 Å². The zero-order valence-corrected chi connectivity index (χ0v) is 18.3. The van der Waals surface area contributed by atoms with E-state index < -0.39 is 35.8 Å². The van der Waals surface area contributed by atoms with Crippen LogP contribution in [0, 0.1) is 5.92 Å². The Labute approximate surface area is 182 Å². The van der Waals surface area contributed by atoms with E-state index in [1.54, 1.807) is 0 Å². The number of hydrogen-bond acceptors (Lipinski definition) is 6. The molecular formula is C19H36N8O4. The Kier molecular flexibility index (Phi) is 10.7. The lowest BCUT2D eigenvalue weighted by Gasteiger charge is -2.29. The number of guanidine groups is 1. The maximum absolute atomic E-state index is 13.2. The molecule has 0 aromatic carbocycles. The second-order valence-electron chi connectivity index (χ2n) is 8.12. The number of hydrogen-bond donors (Lipinski definition) is 6. The molecule has 12 nitrogen and oxygen atoms in total. The Morgan fingerprint density at radius 1 is 1.16 bits per heavy atom. The molecule has 4 amide bonds. The summed E-state index contributed by atoms with van der Waals surface area (Å²) < 4.78 is 0. The molecule has 0 aliphatic carbocycles. The highest BCUT2D eigenvalue weighted by Crippen LogP contribution is 2.20. The molecule has 3 atom stereocenters. The monoisotopic (exact) mass is 440 g/mol. The second kappa shape index (κ2) is 12.7. The number of primary amides is 1. The minimum absolute atomic E-state index is 0.0587. The van der Waals surface area contributed by atoms with Crippen molar-refractivity contribution in [1.29, 1.82) is 0 Å². The summed E-state index contributed by atoms with van der Waals surface area (Å²) >= 11 is 0. The molecule has 1 rings (SSSR count). The van der Waals surface area contributed by atoms with Crippen LogP contribution >= 0.6 is 0 Å². The van der Waals surface area contributed by atoms with E-state index in [9.17, 15) is 19.2 Å². The van der Waals surface area contributed by atoms with Gasteiger partial charge in [-0.2, -0.15) is 0 Å². The van der Waals surface area contributed by atoms with Gasteiger partial charge in [0.1, 0.15) is 12.1 Å². The first-order valence-electron chi connectivity index (χ1n) is 10.5. The van der Waals surface area contributed by atoms with Crippen LogP contribution in [0.2, 0.25) is 0 Å². The fourth-order valence-corrected chi connectivity index (χ4v) is 3.45. The summed E-state index contributed by atoms with van der Waals surface area (Å²) in [5, 5.41) is 5.16. The summed E-state index contributed by atoms with van der Waals surface area (Å²) in [6, 6.07) is -2.35. The predicted octanol–water partition coefficient (Wildman–Crippen LogP) is -2.51. The molecule has 0 saturated carbocycles. The van der Waals surface area contributed by atoms with Gasteiger partial charge in [-0.15, -0.1) is 0 Å². The van der Waals surface area contributed by atoms with Crippen LogP contribution < -0.4 is 33.6 Å². The molecule has 0 spiro atoms. The molecular weight excluding hydrogens is 404 g/mol. The van der Waals surface area contributed by atoms with Gasteiger partial charge >= 0.3 is 0 Å². The standard InChI is InChI=1S/C19H36N8O4/c1-11(2)9-12(20)16(29)26-13(5-3-7-24-19(22)23)18(31)27-8-4-6-14(27)17(30)25-10-15(21)28/h11-14H,3-10,20H2,1-2H3,(H2,21,28)(H,25,30)(H,26,29)(H4,22,23,24)/t12-,13-,14+/m0/s1. The highest BCUT2D eigenvalue weighted by atomic mass is 16.2. The normalized spacial score (nSPS) is 17.7. The summed E-state index contributed by atoms with van der Waals surface area (Å²) in [6.45, 7) is 4.25. The number of rotatable bonds is 12. The van der Waals surface area contributed by atoms with Gasteiger partial charge in [0.15, 0.2) is 5.96 Å². The average molecular weight is 441 g/mol. The first-order valence-corrected chi connectivity index (χ1v) is 10.5. The second-order valence-corrected chi connectivity index (χ2v) is 8.12. The molecule has 1 saturated heterocycles. The number of nitrogens with one attached hydrogen (secondary N) is 2. The number of nitrogens with zero attached hydrogens (tertiary/aromatic N) is 2. The van der Waals surface area contributed by atoms with Crippen molar-refractivity contribution in [2.24, 2.45) is 33.8 Å². The Morgan fingerprint density at radius 3 is 2.42 bits per heavy atom. The molecule has 176 valence electrons. The molecule has 1 fully saturated rings. The number of carbonyl (C=O) groups is 4. The van der Waals surface area contributed by atoms with Crippen molar-refractivity contribution in [3.05, 3.63) is 0 Å². The third-order valence-electron chi connectivity index (χ3n) is 4.90.